The summed E-state index contributed by atoms with van der Waals surface area (Å²) in [6, 6.07) is 7.78. The average molecular weight is 359 g/mol. The van der Waals surface area contributed by atoms with Crippen LogP contribution < -0.4 is 0 Å². The molecule has 1 aromatic heterocycles. The Bertz CT molecular complexity index is 768. The maximum Gasteiger partial charge on any atom is 0.293 e. The van der Waals surface area contributed by atoms with Crippen LogP contribution in [0.5, 0.6) is 0 Å². The van der Waals surface area contributed by atoms with Crippen molar-refractivity contribution in [1.29, 1.82) is 0 Å². The molecule has 0 unspecified atom stereocenters. The molecule has 4 rings (SSSR count). The third-order valence-electron chi connectivity index (χ3n) is 5.54. The molecule has 2 heterocycles. The Hall–Kier alpha value is -1.88. The van der Waals surface area contributed by atoms with E-state index in [1.54, 1.807) is 4.68 Å². The fraction of sp³-hybridized carbons (Fsp3) is 0.526. The molecule has 6 heteroatoms. The van der Waals surface area contributed by atoms with E-state index in [1.807, 2.05) is 36.1 Å². The maximum absolute atomic E-state index is 13.1. The molecule has 1 saturated carbocycles. The highest BCUT2D eigenvalue weighted by Crippen LogP contribution is 2.35. The summed E-state index contributed by atoms with van der Waals surface area (Å²) in [6.45, 7) is 2.70. The van der Waals surface area contributed by atoms with E-state index in [4.69, 9.17) is 11.6 Å². The normalized spacial score (nSPS) is 23.4. The summed E-state index contributed by atoms with van der Waals surface area (Å²) >= 11 is 5.95. The Kier molecular flexibility index (Phi) is 4.50. The van der Waals surface area contributed by atoms with Gasteiger partial charge in [0.25, 0.3) is 5.91 Å². The first-order valence-corrected chi connectivity index (χ1v) is 9.52. The summed E-state index contributed by atoms with van der Waals surface area (Å²) in [4.78, 5) is 19.6. The summed E-state index contributed by atoms with van der Waals surface area (Å²) in [7, 11) is 0. The van der Waals surface area contributed by atoms with E-state index in [-0.39, 0.29) is 5.91 Å². The van der Waals surface area contributed by atoms with Crippen molar-refractivity contribution < 1.29 is 4.79 Å². The Labute approximate surface area is 153 Å². The van der Waals surface area contributed by atoms with Crippen molar-refractivity contribution in [3.8, 4) is 5.69 Å². The van der Waals surface area contributed by atoms with Crippen molar-refractivity contribution >= 4 is 17.5 Å². The molecule has 2 aliphatic rings. The van der Waals surface area contributed by atoms with E-state index < -0.39 is 0 Å². The molecule has 1 aliphatic heterocycles. The van der Waals surface area contributed by atoms with Crippen molar-refractivity contribution in [2.24, 2.45) is 5.92 Å². The molecular formula is C19H23ClN4O. The molecule has 1 amide bonds. The molecule has 1 aromatic carbocycles. The molecule has 5 nitrogen and oxygen atoms in total. The van der Waals surface area contributed by atoms with Crippen LogP contribution in [0.15, 0.2) is 24.3 Å². The number of likely N-dealkylation sites (tertiary alicyclic amines) is 1. The Morgan fingerprint density at radius 2 is 1.84 bits per heavy atom. The van der Waals surface area contributed by atoms with Crippen molar-refractivity contribution in [1.82, 2.24) is 19.7 Å². The lowest BCUT2D eigenvalue weighted by atomic mass is 9.78. The minimum atomic E-state index is -0.0209. The van der Waals surface area contributed by atoms with Crippen molar-refractivity contribution in [3.05, 3.63) is 40.9 Å². The van der Waals surface area contributed by atoms with Gasteiger partial charge < -0.3 is 4.90 Å². The number of nitrogens with zero attached hydrogens (tertiary/aromatic N) is 4. The lowest BCUT2D eigenvalue weighted by Gasteiger charge is -2.43. The lowest BCUT2D eigenvalue weighted by molar-refractivity contribution is 0.0379. The van der Waals surface area contributed by atoms with Crippen LogP contribution >= 0.6 is 11.6 Å². The number of fused-ring (bicyclic) bond motifs is 1. The predicted octanol–water partition coefficient (Wildman–Crippen LogP) is 4.02. The first kappa shape index (κ1) is 16.6. The SMILES string of the molecule is Cc1nc(C(=O)N2CCC[C@H]3CCCC[C@H]32)nn1-c1ccc(Cl)cc1. The van der Waals surface area contributed by atoms with Crippen LogP contribution in [0.25, 0.3) is 5.69 Å². The number of aryl methyl sites for hydroxylation is 1. The zero-order valence-corrected chi connectivity index (χ0v) is 15.2. The smallest absolute Gasteiger partial charge is 0.293 e. The topological polar surface area (TPSA) is 51.0 Å². The first-order chi connectivity index (χ1) is 12.1. The monoisotopic (exact) mass is 358 g/mol. The first-order valence-electron chi connectivity index (χ1n) is 9.14. The van der Waals surface area contributed by atoms with E-state index in [2.05, 4.69) is 10.1 Å². The standard InChI is InChI=1S/C19H23ClN4O/c1-13-21-18(22-24(13)16-10-8-15(20)9-11-16)19(25)23-12-4-6-14-5-2-3-7-17(14)23/h8-11,14,17H,2-7,12H2,1H3/t14-,17-/m1/s1. The molecule has 0 spiro atoms. The Balaban J connectivity index is 1.60. The van der Waals surface area contributed by atoms with E-state index in [1.165, 1.54) is 25.7 Å². The Morgan fingerprint density at radius 3 is 2.64 bits per heavy atom. The second kappa shape index (κ2) is 6.79. The molecule has 25 heavy (non-hydrogen) atoms. The van der Waals surface area contributed by atoms with Gasteiger partial charge in [-0.3, -0.25) is 4.79 Å². The summed E-state index contributed by atoms with van der Waals surface area (Å²) in [6.07, 6.45) is 7.22. The second-order valence-electron chi connectivity index (χ2n) is 7.12. The van der Waals surface area contributed by atoms with Gasteiger partial charge in [0.05, 0.1) is 5.69 Å². The van der Waals surface area contributed by atoms with Crippen molar-refractivity contribution in [3.63, 3.8) is 0 Å². The van der Waals surface area contributed by atoms with Gasteiger partial charge in [-0.2, -0.15) is 0 Å². The van der Waals surface area contributed by atoms with Crippen LogP contribution in [0, 0.1) is 12.8 Å². The van der Waals surface area contributed by atoms with Gasteiger partial charge in [-0.25, -0.2) is 9.67 Å². The van der Waals surface area contributed by atoms with Crippen LogP contribution in [0.2, 0.25) is 5.02 Å². The zero-order chi connectivity index (χ0) is 17.4. The van der Waals surface area contributed by atoms with Crippen molar-refractivity contribution in [2.45, 2.75) is 51.5 Å². The molecule has 2 aromatic rings. The molecule has 0 radical (unpaired) electrons. The molecule has 2 fully saturated rings. The molecule has 2 atom stereocenters. The van der Waals surface area contributed by atoms with Crippen LogP contribution in [-0.4, -0.2) is 38.2 Å². The third-order valence-corrected chi connectivity index (χ3v) is 5.79. The van der Waals surface area contributed by atoms with Gasteiger partial charge in [0.2, 0.25) is 5.82 Å². The van der Waals surface area contributed by atoms with Gasteiger partial charge in [0.1, 0.15) is 5.82 Å². The number of hydrogen-bond donors (Lipinski definition) is 0. The summed E-state index contributed by atoms with van der Waals surface area (Å²) in [5, 5.41) is 5.17. The quantitative estimate of drug-likeness (QED) is 0.814. The highest BCUT2D eigenvalue weighted by molar-refractivity contribution is 6.30. The molecule has 0 N–H and O–H groups in total. The van der Waals surface area contributed by atoms with E-state index >= 15 is 0 Å². The van der Waals surface area contributed by atoms with Gasteiger partial charge in [-0.05, 0) is 62.8 Å². The molecule has 132 valence electrons. The third kappa shape index (κ3) is 3.17. The van der Waals surface area contributed by atoms with Crippen LogP contribution in [-0.2, 0) is 0 Å². The van der Waals surface area contributed by atoms with Crippen LogP contribution in [0.4, 0.5) is 0 Å². The summed E-state index contributed by atoms with van der Waals surface area (Å²) in [5.74, 6) is 1.65. The maximum atomic E-state index is 13.1. The predicted molar refractivity (Wildman–Crippen MR) is 97.1 cm³/mol. The zero-order valence-electron chi connectivity index (χ0n) is 14.5. The number of hydrogen-bond acceptors (Lipinski definition) is 3. The number of halogens is 1. The highest BCUT2D eigenvalue weighted by atomic mass is 35.5. The largest absolute Gasteiger partial charge is 0.333 e. The fourth-order valence-electron chi connectivity index (χ4n) is 4.31. The number of carbonyl (C=O) groups is 1. The minimum absolute atomic E-state index is 0.0209. The van der Waals surface area contributed by atoms with Crippen LogP contribution in [0.1, 0.15) is 55.0 Å². The number of rotatable bonds is 2. The van der Waals surface area contributed by atoms with Gasteiger partial charge in [-0.15, -0.1) is 5.10 Å². The number of amides is 1. The van der Waals surface area contributed by atoms with Crippen LogP contribution in [0.3, 0.4) is 0 Å². The van der Waals surface area contributed by atoms with Gasteiger partial charge in [-0.1, -0.05) is 24.4 Å². The van der Waals surface area contributed by atoms with Gasteiger partial charge in [0.15, 0.2) is 0 Å². The van der Waals surface area contributed by atoms with E-state index in [0.717, 1.165) is 25.1 Å². The van der Waals surface area contributed by atoms with Gasteiger partial charge in [0, 0.05) is 17.6 Å². The summed E-state index contributed by atoms with van der Waals surface area (Å²) in [5.41, 5.74) is 0.864. The van der Waals surface area contributed by atoms with Gasteiger partial charge >= 0.3 is 0 Å². The summed E-state index contributed by atoms with van der Waals surface area (Å²) < 4.78 is 1.71. The average Bonchev–Trinajstić information content (AvgIpc) is 3.03. The number of piperidine rings is 1. The second-order valence-corrected chi connectivity index (χ2v) is 7.56. The lowest BCUT2D eigenvalue weighted by Crippen LogP contribution is -2.49. The van der Waals surface area contributed by atoms with Crippen molar-refractivity contribution in [2.75, 3.05) is 6.54 Å². The molecular weight excluding hydrogens is 336 g/mol. The number of aromatic nitrogens is 3. The number of carbonyl (C=O) groups excluding carboxylic acids is 1. The number of benzene rings is 1. The fourth-order valence-corrected chi connectivity index (χ4v) is 4.44. The van der Waals surface area contributed by atoms with E-state index in [9.17, 15) is 4.79 Å². The highest BCUT2D eigenvalue weighted by Gasteiger charge is 2.37. The molecule has 1 aliphatic carbocycles. The molecule has 0 bridgehead atoms. The van der Waals surface area contributed by atoms with E-state index in [0.29, 0.717) is 28.6 Å². The Morgan fingerprint density at radius 1 is 1.12 bits per heavy atom. The minimum Gasteiger partial charge on any atom is -0.333 e. The molecule has 1 saturated heterocycles.